The molecule has 0 aromatic heterocycles. The van der Waals surface area contributed by atoms with Gasteiger partial charge in [0.1, 0.15) is 6.61 Å². The molecule has 0 heterocycles. The molecule has 116 valence electrons. The van der Waals surface area contributed by atoms with Gasteiger partial charge in [-0.3, -0.25) is 0 Å². The summed E-state index contributed by atoms with van der Waals surface area (Å²) in [4.78, 5) is 10.6. The van der Waals surface area contributed by atoms with Crippen molar-refractivity contribution in [2.45, 2.75) is 51.7 Å². The lowest BCUT2D eigenvalue weighted by Crippen LogP contribution is -2.19. The van der Waals surface area contributed by atoms with Gasteiger partial charge in [-0.1, -0.05) is 56.4 Å². The summed E-state index contributed by atoms with van der Waals surface area (Å²) in [5.41, 5.74) is 7.16. The van der Waals surface area contributed by atoms with Crippen LogP contribution in [0.1, 0.15) is 49.7 Å². The van der Waals surface area contributed by atoms with E-state index in [1.807, 2.05) is 12.1 Å². The molecule has 1 aromatic rings. The van der Waals surface area contributed by atoms with Gasteiger partial charge in [0.05, 0.1) is 0 Å². The molecule has 0 spiro atoms. The second-order valence-electron chi connectivity index (χ2n) is 5.90. The number of rotatable bonds is 7. The summed E-state index contributed by atoms with van der Waals surface area (Å²) < 4.78 is 4.81. The lowest BCUT2D eigenvalue weighted by molar-refractivity contribution is 0.150. The van der Waals surface area contributed by atoms with Crippen molar-refractivity contribution in [1.29, 1.82) is 0 Å². The lowest BCUT2D eigenvalue weighted by Gasteiger charge is -2.21. The molecule has 0 radical (unpaired) electrons. The molecule has 21 heavy (non-hydrogen) atoms. The van der Waals surface area contributed by atoms with Crippen LogP contribution in [0, 0.1) is 5.92 Å². The van der Waals surface area contributed by atoms with E-state index in [0.29, 0.717) is 0 Å². The number of carbonyl (C=O) groups excluding carboxylic acids is 1. The highest BCUT2D eigenvalue weighted by atomic mass is 16.5. The standard InChI is InChI=1S/C17H26N2O2/c18-17(20)21-13-16-8-4-7-15(11-16)12-19-10-9-14-5-2-1-3-6-14/h4,7-8,11,14,19H,1-3,5-6,9-10,12-13H2,(H2,18,20). The van der Waals surface area contributed by atoms with Gasteiger partial charge in [0.25, 0.3) is 0 Å². The van der Waals surface area contributed by atoms with Crippen LogP contribution in [0.4, 0.5) is 4.79 Å². The second-order valence-corrected chi connectivity index (χ2v) is 5.90. The zero-order valence-electron chi connectivity index (χ0n) is 12.6. The average molecular weight is 290 g/mol. The molecule has 0 bridgehead atoms. The van der Waals surface area contributed by atoms with Crippen molar-refractivity contribution < 1.29 is 9.53 Å². The third-order valence-corrected chi connectivity index (χ3v) is 4.16. The Morgan fingerprint density at radius 1 is 1.24 bits per heavy atom. The van der Waals surface area contributed by atoms with Gasteiger partial charge >= 0.3 is 6.09 Å². The smallest absolute Gasteiger partial charge is 0.404 e. The first-order valence-electron chi connectivity index (χ1n) is 7.95. The maximum atomic E-state index is 10.6. The predicted molar refractivity (Wildman–Crippen MR) is 83.7 cm³/mol. The summed E-state index contributed by atoms with van der Waals surface area (Å²) in [5, 5.41) is 3.51. The number of hydrogen-bond donors (Lipinski definition) is 2. The van der Waals surface area contributed by atoms with Crippen molar-refractivity contribution in [3.8, 4) is 0 Å². The van der Waals surface area contributed by atoms with Crippen LogP contribution in [0.5, 0.6) is 0 Å². The summed E-state index contributed by atoms with van der Waals surface area (Å²) in [7, 11) is 0. The predicted octanol–water partition coefficient (Wildman–Crippen LogP) is 3.34. The molecule has 0 aliphatic heterocycles. The summed E-state index contributed by atoms with van der Waals surface area (Å²) in [6.45, 7) is 2.18. The van der Waals surface area contributed by atoms with Crippen LogP contribution in [0.25, 0.3) is 0 Å². The van der Waals surface area contributed by atoms with Crippen molar-refractivity contribution in [3.63, 3.8) is 0 Å². The molecule has 1 aromatic carbocycles. The fraction of sp³-hybridized carbons (Fsp3) is 0.588. The van der Waals surface area contributed by atoms with Crippen LogP contribution in [0.2, 0.25) is 0 Å². The Kier molecular flexibility index (Phi) is 6.54. The molecule has 0 atom stereocenters. The van der Waals surface area contributed by atoms with Crippen LogP contribution in [-0.4, -0.2) is 12.6 Å². The lowest BCUT2D eigenvalue weighted by atomic mass is 9.87. The highest BCUT2D eigenvalue weighted by Crippen LogP contribution is 2.25. The van der Waals surface area contributed by atoms with E-state index in [-0.39, 0.29) is 6.61 Å². The quantitative estimate of drug-likeness (QED) is 0.757. The summed E-state index contributed by atoms with van der Waals surface area (Å²) in [6, 6.07) is 8.06. The molecule has 4 heteroatoms. The Hall–Kier alpha value is -1.55. The van der Waals surface area contributed by atoms with Gasteiger partial charge in [-0.05, 0) is 30.0 Å². The molecule has 4 nitrogen and oxygen atoms in total. The monoisotopic (exact) mass is 290 g/mol. The van der Waals surface area contributed by atoms with Crippen LogP contribution in [0.3, 0.4) is 0 Å². The summed E-state index contributed by atoms with van der Waals surface area (Å²) in [6.07, 6.45) is 7.60. The molecular weight excluding hydrogens is 264 g/mol. The number of primary amides is 1. The number of amides is 1. The molecular formula is C17H26N2O2. The molecule has 0 saturated heterocycles. The van der Waals surface area contributed by atoms with E-state index in [4.69, 9.17) is 10.5 Å². The zero-order valence-corrected chi connectivity index (χ0v) is 12.6. The average Bonchev–Trinajstić information content (AvgIpc) is 2.51. The SMILES string of the molecule is NC(=O)OCc1cccc(CNCCC2CCCCC2)c1. The van der Waals surface area contributed by atoms with E-state index in [1.165, 1.54) is 44.1 Å². The molecule has 1 aliphatic rings. The van der Waals surface area contributed by atoms with Crippen molar-refractivity contribution >= 4 is 6.09 Å². The van der Waals surface area contributed by atoms with Crippen molar-refractivity contribution in [1.82, 2.24) is 5.32 Å². The normalized spacial score (nSPS) is 15.8. The third kappa shape index (κ3) is 6.17. The van der Waals surface area contributed by atoms with Crippen molar-refractivity contribution in [2.24, 2.45) is 11.7 Å². The number of carbonyl (C=O) groups is 1. The number of nitrogens with two attached hydrogens (primary N) is 1. The first-order chi connectivity index (χ1) is 10.2. The van der Waals surface area contributed by atoms with E-state index >= 15 is 0 Å². The number of ether oxygens (including phenoxy) is 1. The van der Waals surface area contributed by atoms with Crippen molar-refractivity contribution in [3.05, 3.63) is 35.4 Å². The zero-order chi connectivity index (χ0) is 14.9. The minimum Gasteiger partial charge on any atom is -0.445 e. The Balaban J connectivity index is 1.67. The van der Waals surface area contributed by atoms with E-state index in [9.17, 15) is 4.79 Å². The maximum absolute atomic E-state index is 10.6. The van der Waals surface area contributed by atoms with E-state index in [2.05, 4.69) is 17.4 Å². The fourth-order valence-electron chi connectivity index (χ4n) is 3.00. The van der Waals surface area contributed by atoms with Gasteiger partial charge in [0, 0.05) is 6.54 Å². The molecule has 3 N–H and O–H groups in total. The van der Waals surface area contributed by atoms with Crippen molar-refractivity contribution in [2.75, 3.05) is 6.54 Å². The fourth-order valence-corrected chi connectivity index (χ4v) is 3.00. The topological polar surface area (TPSA) is 64.4 Å². The van der Waals surface area contributed by atoms with Gasteiger partial charge < -0.3 is 15.8 Å². The number of nitrogens with one attached hydrogen (secondary N) is 1. The first kappa shape index (κ1) is 15.8. The summed E-state index contributed by atoms with van der Waals surface area (Å²) in [5.74, 6) is 0.918. The van der Waals surface area contributed by atoms with Crippen LogP contribution in [-0.2, 0) is 17.9 Å². The number of benzene rings is 1. The van der Waals surface area contributed by atoms with Crippen LogP contribution < -0.4 is 11.1 Å². The molecule has 1 aliphatic carbocycles. The molecule has 1 fully saturated rings. The Morgan fingerprint density at radius 2 is 2.00 bits per heavy atom. The first-order valence-corrected chi connectivity index (χ1v) is 7.95. The molecule has 0 unspecified atom stereocenters. The minimum atomic E-state index is -0.731. The van der Waals surface area contributed by atoms with Gasteiger partial charge in [-0.15, -0.1) is 0 Å². The van der Waals surface area contributed by atoms with Crippen LogP contribution in [0.15, 0.2) is 24.3 Å². The highest BCUT2D eigenvalue weighted by molar-refractivity contribution is 5.64. The molecule has 1 saturated carbocycles. The Labute approximate surface area is 127 Å². The molecule has 1 amide bonds. The third-order valence-electron chi connectivity index (χ3n) is 4.16. The van der Waals surface area contributed by atoms with Crippen LogP contribution >= 0.6 is 0 Å². The highest BCUT2D eigenvalue weighted by Gasteiger charge is 2.12. The van der Waals surface area contributed by atoms with E-state index in [1.54, 1.807) is 0 Å². The van der Waals surface area contributed by atoms with E-state index < -0.39 is 6.09 Å². The minimum absolute atomic E-state index is 0.241. The van der Waals surface area contributed by atoms with Gasteiger partial charge in [0.15, 0.2) is 0 Å². The summed E-state index contributed by atoms with van der Waals surface area (Å²) >= 11 is 0. The Morgan fingerprint density at radius 3 is 2.76 bits per heavy atom. The van der Waals surface area contributed by atoms with Gasteiger partial charge in [-0.2, -0.15) is 0 Å². The second kappa shape index (κ2) is 8.67. The van der Waals surface area contributed by atoms with Gasteiger partial charge in [0.2, 0.25) is 0 Å². The van der Waals surface area contributed by atoms with Gasteiger partial charge in [-0.25, -0.2) is 4.79 Å². The molecule has 2 rings (SSSR count). The Bertz CT molecular complexity index is 442. The maximum Gasteiger partial charge on any atom is 0.404 e. The number of hydrogen-bond acceptors (Lipinski definition) is 3. The largest absolute Gasteiger partial charge is 0.445 e. The van der Waals surface area contributed by atoms with E-state index in [0.717, 1.165) is 24.6 Å².